The third-order valence-electron chi connectivity index (χ3n) is 9.34. The number of anilines is 4. The summed E-state index contributed by atoms with van der Waals surface area (Å²) in [7, 11) is 0. The van der Waals surface area contributed by atoms with Crippen molar-refractivity contribution in [1.29, 1.82) is 0 Å². The molecular weight excluding hydrogens is 818 g/mol. The first-order valence-electron chi connectivity index (χ1n) is 17.5. The number of rotatable bonds is 8. The highest BCUT2D eigenvalue weighted by Gasteiger charge is 2.32. The molecule has 8 rings (SSSR count). The number of amides is 2. The van der Waals surface area contributed by atoms with Crippen molar-refractivity contribution < 1.29 is 19.2 Å². The number of nitrogens with zero attached hydrogens (tertiary/aromatic N) is 2. The number of carbonyl (C=O) groups is 4. The second kappa shape index (κ2) is 16.1. The summed E-state index contributed by atoms with van der Waals surface area (Å²) in [6.45, 7) is 0. The van der Waals surface area contributed by atoms with Crippen LogP contribution < -0.4 is 21.5 Å². The average molecular weight is 845 g/mol. The van der Waals surface area contributed by atoms with E-state index in [1.54, 1.807) is 121 Å². The number of hydrazone groups is 2. The Bertz CT molecular complexity index is 2690. The minimum absolute atomic E-state index is 0.00800. The monoisotopic (exact) mass is 842 g/mol. The van der Waals surface area contributed by atoms with Crippen molar-refractivity contribution in [2.45, 2.75) is 0 Å². The molecule has 0 aromatic heterocycles. The number of hydrogen-bond donors (Lipinski definition) is 4. The molecule has 58 heavy (non-hydrogen) atoms. The molecule has 6 aromatic rings. The maximum atomic E-state index is 13.9. The Morgan fingerprint density at radius 2 is 0.828 bits per heavy atom. The van der Waals surface area contributed by atoms with Crippen LogP contribution >= 0.6 is 46.4 Å². The summed E-state index contributed by atoms with van der Waals surface area (Å²) in [5.74, 6) is -2.58. The lowest BCUT2D eigenvalue weighted by Crippen LogP contribution is -2.30. The lowest BCUT2D eigenvalue weighted by atomic mass is 9.89. The fourth-order valence-corrected chi connectivity index (χ4v) is 7.18. The summed E-state index contributed by atoms with van der Waals surface area (Å²) in [6.07, 6.45) is 3.03. The number of nitrogens with one attached hydrogen (secondary N) is 4. The first-order chi connectivity index (χ1) is 28.1. The average Bonchev–Trinajstić information content (AvgIpc) is 3.23. The van der Waals surface area contributed by atoms with E-state index in [0.717, 1.165) is 0 Å². The predicted octanol–water partition coefficient (Wildman–Crippen LogP) is 10.3. The van der Waals surface area contributed by atoms with Crippen LogP contribution in [0.5, 0.6) is 0 Å². The Morgan fingerprint density at radius 3 is 1.26 bits per heavy atom. The van der Waals surface area contributed by atoms with E-state index in [4.69, 9.17) is 46.4 Å². The number of benzene rings is 6. The summed E-state index contributed by atoms with van der Waals surface area (Å²) in [6, 6.07) is 34.3. The number of halogens is 4. The van der Waals surface area contributed by atoms with Crippen molar-refractivity contribution in [2.75, 3.05) is 21.5 Å². The van der Waals surface area contributed by atoms with Crippen LogP contribution in [-0.4, -0.2) is 34.8 Å². The van der Waals surface area contributed by atoms with Crippen molar-refractivity contribution >= 4 is 127 Å². The molecule has 14 heteroatoms. The van der Waals surface area contributed by atoms with E-state index in [2.05, 4.69) is 31.7 Å². The second-order valence-corrected chi connectivity index (χ2v) is 14.5. The van der Waals surface area contributed by atoms with Crippen LogP contribution in [0.3, 0.4) is 0 Å². The molecule has 4 N–H and O–H groups in total. The van der Waals surface area contributed by atoms with Gasteiger partial charge in [-0.25, -0.2) is 0 Å². The summed E-state index contributed by atoms with van der Waals surface area (Å²) in [5, 5.41) is 16.6. The fourth-order valence-electron chi connectivity index (χ4n) is 6.50. The van der Waals surface area contributed by atoms with E-state index in [1.165, 1.54) is 12.2 Å². The molecule has 2 amide bonds. The van der Waals surface area contributed by atoms with Gasteiger partial charge in [-0.15, -0.1) is 0 Å². The van der Waals surface area contributed by atoms with Gasteiger partial charge >= 0.3 is 0 Å². The molecule has 0 saturated heterocycles. The number of carbonyl (C=O) groups excluding carboxylic acids is 4. The minimum Gasteiger partial charge on any atom is -0.321 e. The molecule has 2 aliphatic carbocycles. The molecule has 2 aliphatic rings. The summed E-state index contributed by atoms with van der Waals surface area (Å²) in [4.78, 5) is 55.6. The predicted molar refractivity (Wildman–Crippen MR) is 233 cm³/mol. The number of ketones is 2. The van der Waals surface area contributed by atoms with Crippen molar-refractivity contribution in [3.63, 3.8) is 0 Å². The maximum Gasteiger partial charge on any atom is 0.259 e. The van der Waals surface area contributed by atoms with E-state index in [1.807, 2.05) is 0 Å². The van der Waals surface area contributed by atoms with Crippen LogP contribution in [0.2, 0.25) is 20.1 Å². The standard InChI is InChI=1S/C44H26Cl4N6O4/c45-31-15-7-19-35(37(31)47)51-53-39-25-11-3-1-9-23(25)21-29(41(39)55)43(57)49-33-17-5-14-28-27(33)13-6-18-34(28)50-44(58)30-22-24-10-2-4-12-26(24)40(42(30)56)54-52-36-20-8-16-32(46)38(36)48/h1-22,51-52H,(H,49,57)(H,50,58)/b53-39-,54-40+. The van der Waals surface area contributed by atoms with Gasteiger partial charge in [-0.05, 0) is 59.7 Å². The van der Waals surface area contributed by atoms with Crippen LogP contribution in [-0.2, 0) is 19.2 Å². The third-order valence-corrected chi connectivity index (χ3v) is 11.0. The van der Waals surface area contributed by atoms with Gasteiger partial charge in [0.05, 0.1) is 42.6 Å². The number of Topliss-reactive ketones (excluding diaryl/α,β-unsaturated/α-hetero) is 2. The van der Waals surface area contributed by atoms with Crippen LogP contribution in [0.1, 0.15) is 22.3 Å². The van der Waals surface area contributed by atoms with Gasteiger partial charge in [-0.2, -0.15) is 10.2 Å². The summed E-state index contributed by atoms with van der Waals surface area (Å²) >= 11 is 25.0. The van der Waals surface area contributed by atoms with Crippen LogP contribution in [0.15, 0.2) is 143 Å². The SMILES string of the molecule is O=C(Nc1cccc2c(NC(=O)C3=Cc4ccccc4/C(=N\Nc4cccc(Cl)c4Cl)C3=O)cccc12)C1=Cc2ccccc2/C(=N/Nc2cccc(Cl)c2Cl)C1=O. The van der Waals surface area contributed by atoms with E-state index in [-0.39, 0.29) is 32.6 Å². The first kappa shape index (κ1) is 38.3. The van der Waals surface area contributed by atoms with Crippen LogP contribution in [0.25, 0.3) is 22.9 Å². The van der Waals surface area contributed by atoms with Gasteiger partial charge in [0.25, 0.3) is 11.8 Å². The smallest absolute Gasteiger partial charge is 0.259 e. The van der Waals surface area contributed by atoms with E-state index >= 15 is 0 Å². The zero-order valence-corrected chi connectivity index (χ0v) is 32.8. The van der Waals surface area contributed by atoms with Crippen molar-refractivity contribution in [3.05, 3.63) is 175 Å². The Hall–Kier alpha value is -6.56. The normalized spacial score (nSPS) is 14.7. The lowest BCUT2D eigenvalue weighted by molar-refractivity contribution is -0.118. The molecular formula is C44H26Cl4N6O4. The number of fused-ring (bicyclic) bond motifs is 3. The summed E-state index contributed by atoms with van der Waals surface area (Å²) in [5.41, 5.74) is 9.12. The molecule has 0 aliphatic heterocycles. The Labute approximate surface area is 350 Å². The second-order valence-electron chi connectivity index (χ2n) is 12.9. The zero-order chi connectivity index (χ0) is 40.5. The largest absolute Gasteiger partial charge is 0.321 e. The quantitative estimate of drug-likeness (QED) is 0.0888. The van der Waals surface area contributed by atoms with Gasteiger partial charge in [0.15, 0.2) is 0 Å². The van der Waals surface area contributed by atoms with Gasteiger partial charge in [0.2, 0.25) is 11.6 Å². The van der Waals surface area contributed by atoms with Crippen LogP contribution in [0.4, 0.5) is 22.7 Å². The Balaban J connectivity index is 1.06. The topological polar surface area (TPSA) is 141 Å². The Kier molecular flexibility index (Phi) is 10.7. The molecule has 0 heterocycles. The van der Waals surface area contributed by atoms with Gasteiger partial charge < -0.3 is 10.6 Å². The van der Waals surface area contributed by atoms with E-state index in [0.29, 0.717) is 65.8 Å². The van der Waals surface area contributed by atoms with Gasteiger partial charge in [0.1, 0.15) is 11.4 Å². The molecule has 0 spiro atoms. The Morgan fingerprint density at radius 1 is 0.448 bits per heavy atom. The van der Waals surface area contributed by atoms with Crippen LogP contribution in [0, 0.1) is 0 Å². The molecule has 0 fully saturated rings. The third kappa shape index (κ3) is 7.37. The van der Waals surface area contributed by atoms with Crippen molar-refractivity contribution in [3.8, 4) is 0 Å². The summed E-state index contributed by atoms with van der Waals surface area (Å²) < 4.78 is 0. The minimum atomic E-state index is -0.675. The highest BCUT2D eigenvalue weighted by molar-refractivity contribution is 6.60. The molecule has 0 atom stereocenters. The highest BCUT2D eigenvalue weighted by atomic mass is 35.5. The molecule has 10 nitrogen and oxygen atoms in total. The molecule has 0 unspecified atom stereocenters. The molecule has 0 bridgehead atoms. The fraction of sp³-hybridized carbons (Fsp3) is 0. The van der Waals surface area contributed by atoms with Gasteiger partial charge in [0, 0.05) is 33.3 Å². The highest BCUT2D eigenvalue weighted by Crippen LogP contribution is 2.34. The van der Waals surface area contributed by atoms with Gasteiger partial charge in [-0.1, -0.05) is 131 Å². The van der Waals surface area contributed by atoms with Crippen molar-refractivity contribution in [2.24, 2.45) is 10.2 Å². The van der Waals surface area contributed by atoms with E-state index < -0.39 is 23.4 Å². The maximum absolute atomic E-state index is 13.9. The first-order valence-corrected chi connectivity index (χ1v) is 19.0. The number of hydrogen-bond acceptors (Lipinski definition) is 8. The molecule has 0 saturated carbocycles. The molecule has 0 radical (unpaired) electrons. The van der Waals surface area contributed by atoms with Gasteiger partial charge in [-0.3, -0.25) is 30.0 Å². The lowest BCUT2D eigenvalue weighted by Gasteiger charge is -2.19. The molecule has 284 valence electrons. The molecule has 6 aromatic carbocycles. The van der Waals surface area contributed by atoms with Crippen molar-refractivity contribution in [1.82, 2.24) is 0 Å². The zero-order valence-electron chi connectivity index (χ0n) is 29.7. The van der Waals surface area contributed by atoms with E-state index in [9.17, 15) is 19.2 Å².